The van der Waals surface area contributed by atoms with Crippen LogP contribution in [0.25, 0.3) is 0 Å². The van der Waals surface area contributed by atoms with Crippen molar-refractivity contribution in [3.05, 3.63) is 34.9 Å². The number of aryl methyl sites for hydroxylation is 2. The van der Waals surface area contributed by atoms with Gasteiger partial charge in [-0.1, -0.05) is 25.1 Å². The van der Waals surface area contributed by atoms with E-state index in [-0.39, 0.29) is 23.7 Å². The first kappa shape index (κ1) is 12.8. The number of hydrogen-bond donors (Lipinski definition) is 1. The molecular weight excluding hydrogens is 226 g/mol. The molecule has 0 spiro atoms. The average Bonchev–Trinajstić information content (AvgIpc) is 2.32. The third kappa shape index (κ3) is 2.30. The molecule has 18 heavy (non-hydrogen) atoms. The van der Waals surface area contributed by atoms with Crippen molar-refractivity contribution < 1.29 is 9.59 Å². The number of hydrogen-bond acceptors (Lipinski definition) is 2. The minimum absolute atomic E-state index is 0.0237. The predicted octanol–water partition coefficient (Wildman–Crippen LogP) is 2.46. The summed E-state index contributed by atoms with van der Waals surface area (Å²) in [6.45, 7) is 6.12. The summed E-state index contributed by atoms with van der Waals surface area (Å²) in [5.74, 6) is -0.356. The smallest absolute Gasteiger partial charge is 0.230 e. The fourth-order valence-corrected chi connectivity index (χ4v) is 2.62. The topological polar surface area (TPSA) is 46.2 Å². The molecule has 0 bridgehead atoms. The highest BCUT2D eigenvalue weighted by Crippen LogP contribution is 2.34. The molecular formula is C15H19NO2. The van der Waals surface area contributed by atoms with Crippen LogP contribution in [0.5, 0.6) is 0 Å². The molecule has 0 saturated carbocycles. The summed E-state index contributed by atoms with van der Waals surface area (Å²) >= 11 is 0. The number of carbonyl (C=O) groups is 2. The third-order valence-electron chi connectivity index (χ3n) is 3.89. The molecule has 0 radical (unpaired) electrons. The minimum atomic E-state index is -0.159. The van der Waals surface area contributed by atoms with Crippen molar-refractivity contribution in [2.24, 2.45) is 5.92 Å². The summed E-state index contributed by atoms with van der Waals surface area (Å²) in [6, 6.07) is 6.21. The Morgan fingerprint density at radius 1 is 1.22 bits per heavy atom. The molecule has 1 aromatic rings. The van der Waals surface area contributed by atoms with Crippen molar-refractivity contribution in [2.45, 2.75) is 39.5 Å². The molecule has 3 heteroatoms. The first-order chi connectivity index (χ1) is 8.52. The van der Waals surface area contributed by atoms with Crippen LogP contribution in [0.1, 0.15) is 42.4 Å². The molecule has 1 aliphatic rings. The second-order valence-electron chi connectivity index (χ2n) is 5.08. The number of nitrogens with one attached hydrogen (secondary N) is 1. The molecule has 2 atom stereocenters. The molecule has 0 aliphatic carbocycles. The summed E-state index contributed by atoms with van der Waals surface area (Å²) in [7, 11) is 0. The van der Waals surface area contributed by atoms with E-state index in [1.54, 1.807) is 0 Å². The van der Waals surface area contributed by atoms with Crippen molar-refractivity contribution in [3.8, 4) is 0 Å². The van der Waals surface area contributed by atoms with Crippen molar-refractivity contribution in [1.82, 2.24) is 5.32 Å². The highest BCUT2D eigenvalue weighted by molar-refractivity contribution is 5.99. The van der Waals surface area contributed by atoms with Crippen molar-refractivity contribution in [3.63, 3.8) is 0 Å². The Morgan fingerprint density at radius 2 is 1.94 bits per heavy atom. The van der Waals surface area contributed by atoms with Crippen LogP contribution in [0, 0.1) is 19.8 Å². The Kier molecular flexibility index (Phi) is 3.50. The zero-order valence-electron chi connectivity index (χ0n) is 11.1. The van der Waals surface area contributed by atoms with Gasteiger partial charge in [0.05, 0.1) is 0 Å². The zero-order valence-corrected chi connectivity index (χ0v) is 11.1. The molecule has 3 nitrogen and oxygen atoms in total. The van der Waals surface area contributed by atoms with Crippen LogP contribution < -0.4 is 5.32 Å². The molecule has 1 saturated heterocycles. The van der Waals surface area contributed by atoms with Crippen molar-refractivity contribution >= 4 is 11.8 Å². The van der Waals surface area contributed by atoms with Gasteiger partial charge < -0.3 is 0 Å². The third-order valence-corrected chi connectivity index (χ3v) is 3.89. The van der Waals surface area contributed by atoms with E-state index in [0.29, 0.717) is 6.42 Å². The average molecular weight is 245 g/mol. The van der Waals surface area contributed by atoms with Gasteiger partial charge in [0, 0.05) is 18.3 Å². The van der Waals surface area contributed by atoms with Crippen LogP contribution >= 0.6 is 0 Å². The fraction of sp³-hybridized carbons (Fsp3) is 0.467. The molecule has 2 rings (SSSR count). The van der Waals surface area contributed by atoms with Gasteiger partial charge in [-0.05, 0) is 37.0 Å². The Bertz CT molecular complexity index is 493. The lowest BCUT2D eigenvalue weighted by Crippen LogP contribution is -2.44. The number of imide groups is 1. The quantitative estimate of drug-likeness (QED) is 0.813. The zero-order chi connectivity index (χ0) is 13.3. The van der Waals surface area contributed by atoms with Gasteiger partial charge in [-0.25, -0.2) is 0 Å². The van der Waals surface area contributed by atoms with Crippen molar-refractivity contribution in [2.75, 3.05) is 0 Å². The van der Waals surface area contributed by atoms with Gasteiger partial charge in [-0.3, -0.25) is 14.9 Å². The molecule has 2 amide bonds. The maximum atomic E-state index is 11.8. The lowest BCUT2D eigenvalue weighted by Gasteiger charge is -2.30. The number of benzene rings is 1. The van der Waals surface area contributed by atoms with E-state index in [0.717, 1.165) is 12.0 Å². The number of carbonyl (C=O) groups excluding carboxylic acids is 2. The largest absolute Gasteiger partial charge is 0.296 e. The number of rotatable bonds is 2. The van der Waals surface area contributed by atoms with E-state index >= 15 is 0 Å². The van der Waals surface area contributed by atoms with Crippen molar-refractivity contribution in [1.29, 1.82) is 0 Å². The predicted molar refractivity (Wildman–Crippen MR) is 70.2 cm³/mol. The first-order valence-corrected chi connectivity index (χ1v) is 6.43. The van der Waals surface area contributed by atoms with Gasteiger partial charge in [-0.15, -0.1) is 0 Å². The molecule has 96 valence electrons. The molecule has 2 unspecified atom stereocenters. The maximum Gasteiger partial charge on any atom is 0.230 e. The summed E-state index contributed by atoms with van der Waals surface area (Å²) < 4.78 is 0. The molecule has 1 fully saturated rings. The van der Waals surface area contributed by atoms with E-state index in [1.165, 1.54) is 11.1 Å². The highest BCUT2D eigenvalue weighted by Gasteiger charge is 2.35. The second kappa shape index (κ2) is 4.92. The Balaban J connectivity index is 2.36. The van der Waals surface area contributed by atoms with E-state index in [4.69, 9.17) is 0 Å². The molecule has 0 aromatic heterocycles. The summed E-state index contributed by atoms with van der Waals surface area (Å²) in [6.07, 6.45) is 1.17. The van der Waals surface area contributed by atoms with Gasteiger partial charge in [0.25, 0.3) is 0 Å². The Morgan fingerprint density at radius 3 is 2.56 bits per heavy atom. The normalized spacial score (nSPS) is 23.9. The number of amides is 2. The second-order valence-corrected chi connectivity index (χ2v) is 5.08. The van der Waals surface area contributed by atoms with Gasteiger partial charge in [-0.2, -0.15) is 0 Å². The van der Waals surface area contributed by atoms with E-state index < -0.39 is 0 Å². The van der Waals surface area contributed by atoms with Crippen LogP contribution in [0.2, 0.25) is 0 Å². The lowest BCUT2D eigenvalue weighted by atomic mass is 9.78. The van der Waals surface area contributed by atoms with Crippen LogP contribution in [-0.4, -0.2) is 11.8 Å². The van der Waals surface area contributed by atoms with E-state index in [1.807, 2.05) is 13.0 Å². The van der Waals surface area contributed by atoms with Crippen LogP contribution in [0.3, 0.4) is 0 Å². The first-order valence-electron chi connectivity index (χ1n) is 6.43. The van der Waals surface area contributed by atoms with Gasteiger partial charge in [0.2, 0.25) is 11.8 Å². The van der Waals surface area contributed by atoms with Gasteiger partial charge >= 0.3 is 0 Å². The Labute approximate surface area is 108 Å². The minimum Gasteiger partial charge on any atom is -0.296 e. The molecule has 1 heterocycles. The fourth-order valence-electron chi connectivity index (χ4n) is 2.62. The summed E-state index contributed by atoms with van der Waals surface area (Å²) in [5, 5.41) is 2.43. The highest BCUT2D eigenvalue weighted by atomic mass is 16.2. The maximum absolute atomic E-state index is 11.8. The van der Waals surface area contributed by atoms with Crippen LogP contribution in [0.4, 0.5) is 0 Å². The lowest BCUT2D eigenvalue weighted by molar-refractivity contribution is -0.137. The SMILES string of the molecule is CCC1C(=O)NC(=O)CC1c1ccc(C)c(C)c1. The van der Waals surface area contributed by atoms with E-state index in [2.05, 4.69) is 31.3 Å². The molecule has 1 aliphatic heterocycles. The summed E-state index contributed by atoms with van der Waals surface area (Å²) in [4.78, 5) is 23.4. The summed E-state index contributed by atoms with van der Waals surface area (Å²) in [5.41, 5.74) is 3.55. The van der Waals surface area contributed by atoms with Gasteiger partial charge in [0.15, 0.2) is 0 Å². The number of piperidine rings is 1. The Hall–Kier alpha value is -1.64. The standard InChI is InChI=1S/C15H19NO2/c1-4-12-13(8-14(17)16-15(12)18)11-6-5-9(2)10(3)7-11/h5-7,12-13H,4,8H2,1-3H3,(H,16,17,18). The van der Waals surface area contributed by atoms with E-state index in [9.17, 15) is 9.59 Å². The van der Waals surface area contributed by atoms with Crippen LogP contribution in [0.15, 0.2) is 18.2 Å². The monoisotopic (exact) mass is 245 g/mol. The van der Waals surface area contributed by atoms with Gasteiger partial charge in [0.1, 0.15) is 0 Å². The molecule has 1 N–H and O–H groups in total. The molecule has 1 aromatic carbocycles. The van der Waals surface area contributed by atoms with Crippen LogP contribution in [-0.2, 0) is 9.59 Å².